The normalized spacial score (nSPS) is 49.6. The van der Waals surface area contributed by atoms with Crippen LogP contribution in [0, 0.1) is 35.5 Å². The maximum Gasteiger partial charge on any atom is 0.0361 e. The second kappa shape index (κ2) is 4.46. The van der Waals surface area contributed by atoms with E-state index in [0.717, 1.165) is 42.1 Å². The van der Waals surface area contributed by atoms with Crippen molar-refractivity contribution in [3.8, 4) is 0 Å². The van der Waals surface area contributed by atoms with Crippen LogP contribution in [0.5, 0.6) is 0 Å². The van der Waals surface area contributed by atoms with Gasteiger partial charge in [-0.25, -0.2) is 0 Å². The standard InChI is InChI=1S/C17H30N2/c1-11(14-2-3-14)9-19-17(10-18)15-5-12-4-13(7-15)8-16(17)6-12/h11-16,19H,2-10,18H2,1H3. The fourth-order valence-corrected chi connectivity index (χ4v) is 5.90. The summed E-state index contributed by atoms with van der Waals surface area (Å²) in [5, 5.41) is 4.02. The van der Waals surface area contributed by atoms with Crippen LogP contribution < -0.4 is 11.1 Å². The molecule has 0 radical (unpaired) electrons. The Morgan fingerprint density at radius 1 is 1.05 bits per heavy atom. The third kappa shape index (κ3) is 1.98. The predicted octanol–water partition coefficient (Wildman–Crippen LogP) is 2.78. The molecule has 0 saturated heterocycles. The quantitative estimate of drug-likeness (QED) is 0.799. The average Bonchev–Trinajstić information content (AvgIpc) is 3.22. The molecule has 5 aliphatic carbocycles. The molecule has 5 rings (SSSR count). The Morgan fingerprint density at radius 3 is 2.11 bits per heavy atom. The van der Waals surface area contributed by atoms with Gasteiger partial charge in [0.15, 0.2) is 0 Å². The number of rotatable bonds is 5. The van der Waals surface area contributed by atoms with Crippen molar-refractivity contribution >= 4 is 0 Å². The van der Waals surface area contributed by atoms with Crippen LogP contribution in [0.2, 0.25) is 0 Å². The molecule has 0 amide bonds. The Morgan fingerprint density at radius 2 is 1.63 bits per heavy atom. The molecule has 0 aromatic rings. The maximum absolute atomic E-state index is 6.30. The van der Waals surface area contributed by atoms with Gasteiger partial charge in [-0.1, -0.05) is 6.92 Å². The fourth-order valence-electron chi connectivity index (χ4n) is 5.90. The highest BCUT2D eigenvalue weighted by molar-refractivity contribution is 5.11. The van der Waals surface area contributed by atoms with Crippen molar-refractivity contribution in [3.63, 3.8) is 0 Å². The molecule has 3 N–H and O–H groups in total. The second-order valence-corrected chi connectivity index (χ2v) is 8.24. The van der Waals surface area contributed by atoms with Crippen LogP contribution in [0.3, 0.4) is 0 Å². The van der Waals surface area contributed by atoms with E-state index in [9.17, 15) is 0 Å². The summed E-state index contributed by atoms with van der Waals surface area (Å²) < 4.78 is 0. The van der Waals surface area contributed by atoms with E-state index < -0.39 is 0 Å². The first-order valence-corrected chi connectivity index (χ1v) is 8.66. The molecule has 5 fully saturated rings. The molecule has 5 aliphatic rings. The first-order chi connectivity index (χ1) is 9.21. The van der Waals surface area contributed by atoms with Crippen LogP contribution in [0.4, 0.5) is 0 Å². The van der Waals surface area contributed by atoms with E-state index in [0.29, 0.717) is 5.54 Å². The molecule has 0 aromatic carbocycles. The molecule has 5 saturated carbocycles. The van der Waals surface area contributed by atoms with Crippen LogP contribution in [0.25, 0.3) is 0 Å². The predicted molar refractivity (Wildman–Crippen MR) is 78.7 cm³/mol. The van der Waals surface area contributed by atoms with E-state index in [-0.39, 0.29) is 0 Å². The van der Waals surface area contributed by atoms with Gasteiger partial charge in [0.25, 0.3) is 0 Å². The molecular weight excluding hydrogens is 232 g/mol. The summed E-state index contributed by atoms with van der Waals surface area (Å²) in [4.78, 5) is 0. The summed E-state index contributed by atoms with van der Waals surface area (Å²) in [5.74, 6) is 5.75. The zero-order valence-electron chi connectivity index (χ0n) is 12.4. The lowest BCUT2D eigenvalue weighted by Crippen LogP contribution is -2.68. The summed E-state index contributed by atoms with van der Waals surface area (Å²) in [5.41, 5.74) is 6.62. The smallest absolute Gasteiger partial charge is 0.0361 e. The number of hydrogen-bond acceptors (Lipinski definition) is 2. The number of hydrogen-bond donors (Lipinski definition) is 2. The highest BCUT2D eigenvalue weighted by Crippen LogP contribution is 2.58. The highest BCUT2D eigenvalue weighted by Gasteiger charge is 2.56. The van der Waals surface area contributed by atoms with E-state index in [1.165, 1.54) is 51.5 Å². The third-order valence-corrected chi connectivity index (χ3v) is 7.11. The number of nitrogens with one attached hydrogen (secondary N) is 1. The van der Waals surface area contributed by atoms with Gasteiger partial charge in [0.05, 0.1) is 0 Å². The van der Waals surface area contributed by atoms with Crippen molar-refractivity contribution in [1.82, 2.24) is 5.32 Å². The Labute approximate surface area is 117 Å². The van der Waals surface area contributed by atoms with E-state index >= 15 is 0 Å². The van der Waals surface area contributed by atoms with E-state index in [1.807, 2.05) is 0 Å². The molecule has 2 heteroatoms. The zero-order valence-corrected chi connectivity index (χ0v) is 12.4. The van der Waals surface area contributed by atoms with Crippen molar-refractivity contribution in [1.29, 1.82) is 0 Å². The van der Waals surface area contributed by atoms with Crippen molar-refractivity contribution < 1.29 is 0 Å². The van der Waals surface area contributed by atoms with Crippen molar-refractivity contribution in [2.24, 2.45) is 41.2 Å². The van der Waals surface area contributed by atoms with Crippen LogP contribution in [-0.4, -0.2) is 18.6 Å². The monoisotopic (exact) mass is 262 g/mol. The molecule has 0 aromatic heterocycles. The summed E-state index contributed by atoms with van der Waals surface area (Å²) in [7, 11) is 0. The largest absolute Gasteiger partial charge is 0.329 e. The Hall–Kier alpha value is -0.0800. The molecule has 1 atom stereocenters. The minimum Gasteiger partial charge on any atom is -0.329 e. The SMILES string of the molecule is CC(CNC1(CN)C2CC3CC(C2)CC1C3)C1CC1. The van der Waals surface area contributed by atoms with Crippen LogP contribution in [0.1, 0.15) is 51.9 Å². The minimum absolute atomic E-state index is 0.316. The van der Waals surface area contributed by atoms with Crippen LogP contribution >= 0.6 is 0 Å². The average molecular weight is 262 g/mol. The van der Waals surface area contributed by atoms with E-state index in [1.54, 1.807) is 0 Å². The Balaban J connectivity index is 1.49. The molecule has 2 nitrogen and oxygen atoms in total. The molecule has 108 valence electrons. The summed E-state index contributed by atoms with van der Waals surface area (Å²) >= 11 is 0. The van der Waals surface area contributed by atoms with Gasteiger partial charge in [0.1, 0.15) is 0 Å². The van der Waals surface area contributed by atoms with Gasteiger partial charge >= 0.3 is 0 Å². The molecule has 0 spiro atoms. The Bertz CT molecular complexity index is 319. The summed E-state index contributed by atoms with van der Waals surface area (Å²) in [6.45, 7) is 4.52. The lowest BCUT2D eigenvalue weighted by molar-refractivity contribution is -0.0705. The highest BCUT2D eigenvalue weighted by atomic mass is 15.0. The summed E-state index contributed by atoms with van der Waals surface area (Å²) in [6.07, 6.45) is 10.3. The lowest BCUT2D eigenvalue weighted by atomic mass is 9.48. The van der Waals surface area contributed by atoms with Crippen molar-refractivity contribution in [2.45, 2.75) is 57.4 Å². The molecule has 1 unspecified atom stereocenters. The van der Waals surface area contributed by atoms with Crippen LogP contribution in [-0.2, 0) is 0 Å². The van der Waals surface area contributed by atoms with Gasteiger partial charge < -0.3 is 11.1 Å². The van der Waals surface area contributed by atoms with Gasteiger partial charge in [-0.15, -0.1) is 0 Å². The van der Waals surface area contributed by atoms with Crippen molar-refractivity contribution in [3.05, 3.63) is 0 Å². The molecule has 0 aliphatic heterocycles. The first-order valence-electron chi connectivity index (χ1n) is 8.66. The zero-order chi connectivity index (χ0) is 13.0. The van der Waals surface area contributed by atoms with Gasteiger partial charge in [-0.2, -0.15) is 0 Å². The van der Waals surface area contributed by atoms with E-state index in [2.05, 4.69) is 12.2 Å². The molecular formula is C17H30N2. The van der Waals surface area contributed by atoms with Gasteiger partial charge in [-0.05, 0) is 87.0 Å². The van der Waals surface area contributed by atoms with Crippen LogP contribution in [0.15, 0.2) is 0 Å². The fraction of sp³-hybridized carbons (Fsp3) is 1.00. The molecule has 0 heterocycles. The second-order valence-electron chi connectivity index (χ2n) is 8.24. The molecule has 19 heavy (non-hydrogen) atoms. The van der Waals surface area contributed by atoms with E-state index in [4.69, 9.17) is 5.73 Å². The van der Waals surface area contributed by atoms with Gasteiger partial charge in [-0.3, -0.25) is 0 Å². The maximum atomic E-state index is 6.30. The number of nitrogens with two attached hydrogens (primary N) is 1. The van der Waals surface area contributed by atoms with Crippen molar-refractivity contribution in [2.75, 3.05) is 13.1 Å². The van der Waals surface area contributed by atoms with Gasteiger partial charge in [0, 0.05) is 12.1 Å². The minimum atomic E-state index is 0.316. The Kier molecular flexibility index (Phi) is 2.97. The third-order valence-electron chi connectivity index (χ3n) is 7.11. The summed E-state index contributed by atoms with van der Waals surface area (Å²) in [6, 6.07) is 0. The molecule has 4 bridgehead atoms. The van der Waals surface area contributed by atoms with Gasteiger partial charge in [0.2, 0.25) is 0 Å². The topological polar surface area (TPSA) is 38.0 Å². The lowest BCUT2D eigenvalue weighted by Gasteiger charge is -2.61. The first kappa shape index (κ1) is 12.6.